The van der Waals surface area contributed by atoms with E-state index in [2.05, 4.69) is 6.92 Å². The van der Waals surface area contributed by atoms with Gasteiger partial charge in [0.2, 0.25) is 6.41 Å². The third-order valence-electron chi connectivity index (χ3n) is 1.85. The second kappa shape index (κ2) is 4.34. The summed E-state index contributed by atoms with van der Waals surface area (Å²) < 4.78 is 5.41. The first-order valence-corrected chi connectivity index (χ1v) is 3.97. The number of nitrogens with zero attached hydrogens (tertiary/aromatic N) is 1. The van der Waals surface area contributed by atoms with Crippen molar-refractivity contribution in [3.63, 3.8) is 0 Å². The van der Waals surface area contributed by atoms with Gasteiger partial charge in [0.1, 0.15) is 0 Å². The molecule has 0 saturated carbocycles. The fraction of sp³-hybridized carbons (Fsp3) is 0.750. The lowest BCUT2D eigenvalue weighted by molar-refractivity contribution is -0.125. The van der Waals surface area contributed by atoms with Crippen LogP contribution in [0.2, 0.25) is 0 Å². The second-order valence-electron chi connectivity index (χ2n) is 2.74. The lowest BCUT2D eigenvalue weighted by Crippen LogP contribution is -2.41. The Kier molecular flexibility index (Phi) is 3.36. The molecule has 0 N–H and O–H groups in total. The molecule has 0 bridgehead atoms. The van der Waals surface area contributed by atoms with E-state index in [0.717, 1.165) is 32.3 Å². The summed E-state index contributed by atoms with van der Waals surface area (Å²) in [5.74, 6) is 0. The normalized spacial score (nSPS) is 25.2. The van der Waals surface area contributed by atoms with Gasteiger partial charge in [0.15, 0.2) is 0 Å². The van der Waals surface area contributed by atoms with Crippen LogP contribution in [0.25, 0.3) is 0 Å². The number of carbonyl (C=O) groups is 1. The Morgan fingerprint density at radius 2 is 2.55 bits per heavy atom. The van der Waals surface area contributed by atoms with Crippen LogP contribution in [0.1, 0.15) is 12.8 Å². The summed E-state index contributed by atoms with van der Waals surface area (Å²) in [5.41, 5.74) is 0. The van der Waals surface area contributed by atoms with Crippen molar-refractivity contribution >= 4 is 6.41 Å². The summed E-state index contributed by atoms with van der Waals surface area (Å²) in [4.78, 5) is 12.1. The third kappa shape index (κ3) is 2.50. The van der Waals surface area contributed by atoms with Gasteiger partial charge in [0.25, 0.3) is 0 Å². The monoisotopic (exact) mass is 156 g/mol. The van der Waals surface area contributed by atoms with E-state index >= 15 is 0 Å². The molecule has 1 saturated heterocycles. The van der Waals surface area contributed by atoms with Crippen LogP contribution in [0.15, 0.2) is 0 Å². The number of rotatable bonds is 3. The van der Waals surface area contributed by atoms with Gasteiger partial charge in [-0.3, -0.25) is 4.79 Å². The van der Waals surface area contributed by atoms with Crippen molar-refractivity contribution in [2.24, 2.45) is 0 Å². The lowest BCUT2D eigenvalue weighted by atomic mass is 10.2. The zero-order valence-electron chi connectivity index (χ0n) is 6.66. The van der Waals surface area contributed by atoms with E-state index in [0.29, 0.717) is 6.61 Å². The molecule has 1 unspecified atom stereocenters. The summed E-state index contributed by atoms with van der Waals surface area (Å²) in [6.45, 7) is 5.88. The third-order valence-corrected chi connectivity index (χ3v) is 1.85. The van der Waals surface area contributed by atoms with E-state index < -0.39 is 0 Å². The molecule has 1 rings (SSSR count). The zero-order chi connectivity index (χ0) is 8.10. The van der Waals surface area contributed by atoms with Crippen LogP contribution in [-0.2, 0) is 9.53 Å². The molecule has 0 aromatic heterocycles. The maximum atomic E-state index is 10.4. The van der Waals surface area contributed by atoms with Crippen molar-refractivity contribution in [2.75, 3.05) is 19.7 Å². The van der Waals surface area contributed by atoms with Crippen molar-refractivity contribution in [2.45, 2.75) is 18.9 Å². The minimum Gasteiger partial charge on any atom is -0.375 e. The number of carbonyl (C=O) groups excluding carboxylic acids is 1. The molecule has 11 heavy (non-hydrogen) atoms. The minimum absolute atomic E-state index is 0.214. The van der Waals surface area contributed by atoms with Gasteiger partial charge >= 0.3 is 0 Å². The van der Waals surface area contributed by atoms with Crippen LogP contribution >= 0.6 is 0 Å². The van der Waals surface area contributed by atoms with Crippen LogP contribution in [0, 0.1) is 6.92 Å². The summed E-state index contributed by atoms with van der Waals surface area (Å²) in [6, 6.07) is 0. The maximum Gasteiger partial charge on any atom is 0.209 e. The highest BCUT2D eigenvalue weighted by Gasteiger charge is 2.17. The Morgan fingerprint density at radius 3 is 3.18 bits per heavy atom. The van der Waals surface area contributed by atoms with E-state index in [1.54, 1.807) is 4.90 Å². The van der Waals surface area contributed by atoms with Gasteiger partial charge in [0, 0.05) is 13.1 Å². The molecule has 1 heterocycles. The van der Waals surface area contributed by atoms with Gasteiger partial charge in [-0.1, -0.05) is 13.3 Å². The lowest BCUT2D eigenvalue weighted by Gasteiger charge is -2.29. The first-order chi connectivity index (χ1) is 5.36. The number of ether oxygens (including phenoxy) is 1. The number of hydrogen-bond donors (Lipinski definition) is 0. The molecule has 0 aromatic rings. The molecule has 1 radical (unpaired) electrons. The molecule has 0 aliphatic carbocycles. The van der Waals surface area contributed by atoms with Crippen molar-refractivity contribution in [1.82, 2.24) is 4.90 Å². The molecule has 1 aliphatic rings. The molecule has 0 aromatic carbocycles. The molecule has 63 valence electrons. The molecule has 1 amide bonds. The van der Waals surface area contributed by atoms with Gasteiger partial charge in [0.05, 0.1) is 12.7 Å². The topological polar surface area (TPSA) is 29.5 Å². The SMILES string of the molecule is [CH2]CCC1CN(C=O)CCO1. The van der Waals surface area contributed by atoms with Crippen molar-refractivity contribution in [1.29, 1.82) is 0 Å². The van der Waals surface area contributed by atoms with Crippen LogP contribution in [0.3, 0.4) is 0 Å². The average Bonchev–Trinajstić information content (AvgIpc) is 2.06. The summed E-state index contributed by atoms with van der Waals surface area (Å²) in [7, 11) is 0. The highest BCUT2D eigenvalue weighted by atomic mass is 16.5. The van der Waals surface area contributed by atoms with Gasteiger partial charge in [-0.15, -0.1) is 0 Å². The highest BCUT2D eigenvalue weighted by Crippen LogP contribution is 2.08. The molecular formula is C8H14NO2. The first kappa shape index (κ1) is 8.53. The van der Waals surface area contributed by atoms with Crippen LogP contribution in [0.4, 0.5) is 0 Å². The second-order valence-corrected chi connectivity index (χ2v) is 2.74. The van der Waals surface area contributed by atoms with E-state index in [1.807, 2.05) is 0 Å². The minimum atomic E-state index is 0.214. The fourth-order valence-corrected chi connectivity index (χ4v) is 1.24. The molecule has 1 aliphatic heterocycles. The summed E-state index contributed by atoms with van der Waals surface area (Å²) >= 11 is 0. The Bertz CT molecular complexity index is 125. The smallest absolute Gasteiger partial charge is 0.209 e. The predicted octanol–water partition coefficient (Wildman–Crippen LogP) is 0.458. The Balaban J connectivity index is 2.27. The molecule has 0 spiro atoms. The van der Waals surface area contributed by atoms with Gasteiger partial charge in [-0.05, 0) is 6.42 Å². The average molecular weight is 156 g/mol. The maximum absolute atomic E-state index is 10.4. The number of morpholine rings is 1. The largest absolute Gasteiger partial charge is 0.375 e. The Hall–Kier alpha value is -0.570. The predicted molar refractivity (Wildman–Crippen MR) is 42.0 cm³/mol. The number of amides is 1. The van der Waals surface area contributed by atoms with Crippen molar-refractivity contribution in [3.8, 4) is 0 Å². The summed E-state index contributed by atoms with van der Waals surface area (Å²) in [6.07, 6.45) is 2.92. The van der Waals surface area contributed by atoms with Crippen LogP contribution in [-0.4, -0.2) is 37.1 Å². The Morgan fingerprint density at radius 1 is 1.73 bits per heavy atom. The van der Waals surface area contributed by atoms with Crippen LogP contribution < -0.4 is 0 Å². The highest BCUT2D eigenvalue weighted by molar-refractivity contribution is 5.47. The van der Waals surface area contributed by atoms with Gasteiger partial charge < -0.3 is 9.64 Å². The van der Waals surface area contributed by atoms with E-state index in [9.17, 15) is 4.79 Å². The Labute approximate surface area is 67.3 Å². The zero-order valence-corrected chi connectivity index (χ0v) is 6.66. The molecule has 3 heteroatoms. The van der Waals surface area contributed by atoms with E-state index in [4.69, 9.17) is 4.74 Å². The van der Waals surface area contributed by atoms with Crippen molar-refractivity contribution in [3.05, 3.63) is 6.92 Å². The summed E-state index contributed by atoms with van der Waals surface area (Å²) in [5, 5.41) is 0. The molecule has 1 atom stereocenters. The van der Waals surface area contributed by atoms with Gasteiger partial charge in [-0.2, -0.15) is 0 Å². The standard InChI is InChI=1S/C8H14NO2/c1-2-3-8-6-9(7-10)4-5-11-8/h7-8H,1-6H2. The molecule has 3 nitrogen and oxygen atoms in total. The molecular weight excluding hydrogens is 142 g/mol. The van der Waals surface area contributed by atoms with Crippen molar-refractivity contribution < 1.29 is 9.53 Å². The fourth-order valence-electron chi connectivity index (χ4n) is 1.24. The molecule has 1 fully saturated rings. The van der Waals surface area contributed by atoms with E-state index in [1.165, 1.54) is 0 Å². The van der Waals surface area contributed by atoms with E-state index in [-0.39, 0.29) is 6.10 Å². The quantitative estimate of drug-likeness (QED) is 0.555. The number of hydrogen-bond acceptors (Lipinski definition) is 2. The van der Waals surface area contributed by atoms with Gasteiger partial charge in [-0.25, -0.2) is 0 Å². The first-order valence-electron chi connectivity index (χ1n) is 3.97. The van der Waals surface area contributed by atoms with Crippen LogP contribution in [0.5, 0.6) is 0 Å².